The molecule has 0 spiro atoms. The quantitative estimate of drug-likeness (QED) is 0.0569. The van der Waals surface area contributed by atoms with E-state index < -0.39 is 23.9 Å². The molecule has 0 saturated heterocycles. The molecule has 258 valence electrons. The Morgan fingerprint density at radius 2 is 1.70 bits per heavy atom. The van der Waals surface area contributed by atoms with Gasteiger partial charge >= 0.3 is 6.36 Å². The van der Waals surface area contributed by atoms with Crippen LogP contribution in [-0.4, -0.2) is 42.0 Å². The average molecular weight is 686 g/mol. The van der Waals surface area contributed by atoms with Gasteiger partial charge in [-0.3, -0.25) is 4.79 Å². The first kappa shape index (κ1) is 35.5. The molecule has 0 bridgehead atoms. The van der Waals surface area contributed by atoms with Gasteiger partial charge in [0.2, 0.25) is 5.90 Å². The highest BCUT2D eigenvalue weighted by molar-refractivity contribution is 6.01. The number of hydrogen-bond acceptors (Lipinski definition) is 7. The fraction of sp³-hybridized carbons (Fsp3) is 0.243. The maximum absolute atomic E-state index is 14.5. The van der Waals surface area contributed by atoms with Crippen molar-refractivity contribution in [2.24, 2.45) is 10.1 Å². The van der Waals surface area contributed by atoms with Crippen molar-refractivity contribution in [3.8, 4) is 11.5 Å². The zero-order valence-corrected chi connectivity index (χ0v) is 26.8. The number of hydrogen-bond donors (Lipinski definition) is 2. The molecule has 0 radical (unpaired) electrons. The van der Waals surface area contributed by atoms with Gasteiger partial charge in [0.05, 0.1) is 13.2 Å². The lowest BCUT2D eigenvalue weighted by atomic mass is 9.82. The van der Waals surface area contributed by atoms with E-state index in [1.165, 1.54) is 24.3 Å². The predicted molar refractivity (Wildman–Crippen MR) is 181 cm³/mol. The van der Waals surface area contributed by atoms with Gasteiger partial charge in [-0.25, -0.2) is 4.99 Å². The van der Waals surface area contributed by atoms with Crippen LogP contribution in [0.5, 0.6) is 11.5 Å². The van der Waals surface area contributed by atoms with Crippen molar-refractivity contribution in [1.82, 2.24) is 5.32 Å². The average Bonchev–Trinajstić information content (AvgIpc) is 3.51. The Labute approximate surface area is 286 Å². The van der Waals surface area contributed by atoms with Crippen LogP contribution >= 0.6 is 0 Å². The number of benzene rings is 4. The minimum Gasteiger partial charge on any atom is -0.494 e. The lowest BCUT2D eigenvalue weighted by Gasteiger charge is -2.31. The maximum atomic E-state index is 14.5. The number of ether oxygens (including phenoxy) is 3. The predicted octanol–water partition coefficient (Wildman–Crippen LogP) is 7.83. The highest BCUT2D eigenvalue weighted by Crippen LogP contribution is 2.44. The standard InChI is InChI=1S/C37H34F3N5O5/c38-37(39,40)50-31-17-13-27(14-18-31)24-42-35(47)36(21-6-10-26-8-2-1-3-9-26)33(32-12-5-4-11-29(32)25-43-45-41)49-34(44-36)28-15-19-30(20-16-28)48-23-7-22-46/h1-6,8-20,33,46H,7,21-25H2,(H,42,47)/b10-6+/t33-,36-/m1/s1. The molecule has 0 aromatic heterocycles. The minimum atomic E-state index is -4.83. The summed E-state index contributed by atoms with van der Waals surface area (Å²) in [6.45, 7) is 0.330. The second kappa shape index (κ2) is 16.6. The summed E-state index contributed by atoms with van der Waals surface area (Å²) in [6, 6.07) is 28.9. The highest BCUT2D eigenvalue weighted by Gasteiger charge is 2.53. The Hall–Kier alpha value is -5.78. The lowest BCUT2D eigenvalue weighted by Crippen LogP contribution is -2.48. The van der Waals surface area contributed by atoms with Gasteiger partial charge in [0.1, 0.15) is 11.5 Å². The summed E-state index contributed by atoms with van der Waals surface area (Å²) in [7, 11) is 0. The van der Waals surface area contributed by atoms with Gasteiger partial charge in [0.25, 0.3) is 5.91 Å². The van der Waals surface area contributed by atoms with Crippen LogP contribution in [0.3, 0.4) is 0 Å². The molecular weight excluding hydrogens is 651 g/mol. The zero-order valence-electron chi connectivity index (χ0n) is 26.8. The Bertz CT molecular complexity index is 1840. The molecule has 13 heteroatoms. The van der Waals surface area contributed by atoms with E-state index in [4.69, 9.17) is 25.1 Å². The zero-order chi connectivity index (χ0) is 35.4. The van der Waals surface area contributed by atoms with E-state index in [1.54, 1.807) is 48.5 Å². The maximum Gasteiger partial charge on any atom is 0.573 e. The third-order valence-corrected chi connectivity index (χ3v) is 7.82. The van der Waals surface area contributed by atoms with Crippen LogP contribution in [0.15, 0.2) is 119 Å². The highest BCUT2D eigenvalue weighted by atomic mass is 19.4. The smallest absolute Gasteiger partial charge is 0.494 e. The van der Waals surface area contributed by atoms with Gasteiger partial charge in [0.15, 0.2) is 11.6 Å². The largest absolute Gasteiger partial charge is 0.573 e. The first-order chi connectivity index (χ1) is 24.2. The molecular formula is C37H34F3N5O5. The minimum absolute atomic E-state index is 0.00560. The molecule has 1 heterocycles. The van der Waals surface area contributed by atoms with Crippen molar-refractivity contribution < 1.29 is 37.3 Å². The van der Waals surface area contributed by atoms with Crippen LogP contribution in [0.2, 0.25) is 0 Å². The van der Waals surface area contributed by atoms with Crippen molar-refractivity contribution in [2.45, 2.75) is 43.9 Å². The fourth-order valence-corrected chi connectivity index (χ4v) is 5.42. The van der Waals surface area contributed by atoms with E-state index in [2.05, 4.69) is 20.1 Å². The second-order valence-corrected chi connectivity index (χ2v) is 11.3. The molecule has 0 aliphatic carbocycles. The molecule has 0 fully saturated rings. The van der Waals surface area contributed by atoms with E-state index in [1.807, 2.05) is 42.5 Å². The Morgan fingerprint density at radius 3 is 2.40 bits per heavy atom. The molecule has 5 rings (SSSR count). The fourth-order valence-electron chi connectivity index (χ4n) is 5.42. The van der Waals surface area contributed by atoms with Crippen LogP contribution < -0.4 is 14.8 Å². The molecule has 2 N–H and O–H groups in total. The molecule has 2 atom stereocenters. The number of halogens is 3. The Morgan fingerprint density at radius 1 is 1.00 bits per heavy atom. The van der Waals surface area contributed by atoms with Gasteiger partial charge in [-0.2, -0.15) is 0 Å². The third kappa shape index (κ3) is 9.22. The van der Waals surface area contributed by atoms with Gasteiger partial charge in [-0.1, -0.05) is 84.0 Å². The lowest BCUT2D eigenvalue weighted by molar-refractivity contribution is -0.274. The summed E-state index contributed by atoms with van der Waals surface area (Å²) in [5.41, 5.74) is 10.8. The molecule has 0 unspecified atom stereocenters. The number of nitrogens with one attached hydrogen (secondary N) is 1. The summed E-state index contributed by atoms with van der Waals surface area (Å²) < 4.78 is 54.3. The third-order valence-electron chi connectivity index (χ3n) is 7.82. The van der Waals surface area contributed by atoms with Crippen LogP contribution in [0, 0.1) is 0 Å². The Balaban J connectivity index is 1.53. The van der Waals surface area contributed by atoms with Crippen molar-refractivity contribution in [1.29, 1.82) is 0 Å². The number of aliphatic imine (C=N–C) groups is 1. The summed E-state index contributed by atoms with van der Waals surface area (Å²) in [5, 5.41) is 15.8. The SMILES string of the molecule is [N-]=[N+]=NCc1ccccc1[C@H]1OC(c2ccc(OCCCO)cc2)=N[C@@]1(C/C=C/c1ccccc1)C(=O)NCc1ccc(OC(F)(F)F)cc1. The molecule has 50 heavy (non-hydrogen) atoms. The number of aliphatic hydroxyl groups excluding tert-OH is 1. The van der Waals surface area contributed by atoms with Crippen molar-refractivity contribution in [2.75, 3.05) is 13.2 Å². The monoisotopic (exact) mass is 685 g/mol. The number of nitrogens with zero attached hydrogens (tertiary/aromatic N) is 4. The first-order valence-corrected chi connectivity index (χ1v) is 15.7. The summed E-state index contributed by atoms with van der Waals surface area (Å²) in [4.78, 5) is 22.4. The second-order valence-electron chi connectivity index (χ2n) is 11.3. The number of carbonyl (C=O) groups excluding carboxylic acids is 1. The molecule has 1 aliphatic heterocycles. The number of amides is 1. The Kier molecular flexibility index (Phi) is 11.8. The van der Waals surface area contributed by atoms with Crippen molar-refractivity contribution in [3.63, 3.8) is 0 Å². The molecule has 0 saturated carbocycles. The topological polar surface area (TPSA) is 138 Å². The van der Waals surface area contributed by atoms with Gasteiger partial charge in [-0.05, 0) is 64.2 Å². The van der Waals surface area contributed by atoms with E-state index in [-0.39, 0.29) is 37.8 Å². The van der Waals surface area contributed by atoms with Crippen molar-refractivity contribution in [3.05, 3.63) is 147 Å². The van der Waals surface area contributed by atoms with E-state index >= 15 is 0 Å². The molecule has 4 aromatic carbocycles. The number of rotatable bonds is 15. The summed E-state index contributed by atoms with van der Waals surface area (Å²) in [6.07, 6.45) is -1.50. The molecule has 10 nitrogen and oxygen atoms in total. The van der Waals surface area contributed by atoms with Crippen LogP contribution in [-0.2, 0) is 22.6 Å². The van der Waals surface area contributed by atoms with Gasteiger partial charge in [-0.15, -0.1) is 13.2 Å². The van der Waals surface area contributed by atoms with E-state index in [9.17, 15) is 18.0 Å². The van der Waals surface area contributed by atoms with Crippen molar-refractivity contribution >= 4 is 17.9 Å². The van der Waals surface area contributed by atoms with Gasteiger partial charge < -0.3 is 24.6 Å². The van der Waals surface area contributed by atoms with E-state index in [0.29, 0.717) is 41.0 Å². The van der Waals surface area contributed by atoms with Crippen LogP contribution in [0.25, 0.3) is 16.5 Å². The number of azide groups is 1. The van der Waals surface area contributed by atoms with E-state index in [0.717, 1.165) is 5.56 Å². The molecule has 1 amide bonds. The molecule has 1 aliphatic rings. The molecule has 4 aromatic rings. The number of aliphatic hydroxyl groups is 1. The van der Waals surface area contributed by atoms with Gasteiger partial charge in [0, 0.05) is 36.5 Å². The summed E-state index contributed by atoms with van der Waals surface area (Å²) >= 11 is 0. The normalized spacial score (nSPS) is 17.0. The summed E-state index contributed by atoms with van der Waals surface area (Å²) in [5.74, 6) is -0.0886. The van der Waals surface area contributed by atoms with Crippen LogP contribution in [0.4, 0.5) is 13.2 Å². The number of carbonyl (C=O) groups is 1. The first-order valence-electron chi connectivity index (χ1n) is 15.7. The van der Waals surface area contributed by atoms with Crippen LogP contribution in [0.1, 0.15) is 46.8 Å². The number of alkyl halides is 3.